The SMILES string of the molecule is CC(C)n1c(CCNc2ccccc2)nc2cnccc21. The van der Waals surface area contributed by atoms with Crippen molar-refractivity contribution in [3.8, 4) is 0 Å². The molecule has 0 unspecified atom stereocenters. The lowest BCUT2D eigenvalue weighted by atomic mass is 10.3. The van der Waals surface area contributed by atoms with E-state index in [4.69, 9.17) is 4.98 Å². The molecule has 0 amide bonds. The van der Waals surface area contributed by atoms with Crippen LogP contribution in [0.25, 0.3) is 11.0 Å². The Kier molecular flexibility index (Phi) is 3.86. The van der Waals surface area contributed by atoms with Crippen molar-refractivity contribution in [3.05, 3.63) is 54.6 Å². The molecule has 0 atom stereocenters. The van der Waals surface area contributed by atoms with E-state index in [2.05, 4.69) is 40.8 Å². The van der Waals surface area contributed by atoms with Crippen LogP contribution in [0.1, 0.15) is 25.7 Å². The maximum Gasteiger partial charge on any atom is 0.111 e. The number of aromatic nitrogens is 3. The molecule has 0 saturated heterocycles. The first-order valence-electron chi connectivity index (χ1n) is 7.35. The minimum atomic E-state index is 0.393. The maximum absolute atomic E-state index is 4.73. The van der Waals surface area contributed by atoms with E-state index < -0.39 is 0 Å². The lowest BCUT2D eigenvalue weighted by Gasteiger charge is -2.13. The summed E-state index contributed by atoms with van der Waals surface area (Å²) in [6, 6.07) is 12.7. The van der Waals surface area contributed by atoms with Crippen LogP contribution in [-0.2, 0) is 6.42 Å². The van der Waals surface area contributed by atoms with E-state index in [1.54, 1.807) is 0 Å². The highest BCUT2D eigenvalue weighted by Crippen LogP contribution is 2.20. The second-order valence-electron chi connectivity index (χ2n) is 5.40. The van der Waals surface area contributed by atoms with Gasteiger partial charge in [-0.25, -0.2) is 4.98 Å². The number of para-hydroxylation sites is 1. The maximum atomic E-state index is 4.73. The highest BCUT2D eigenvalue weighted by Gasteiger charge is 2.12. The van der Waals surface area contributed by atoms with Crippen molar-refractivity contribution in [3.63, 3.8) is 0 Å². The molecule has 1 aromatic carbocycles. The molecule has 0 bridgehead atoms. The van der Waals surface area contributed by atoms with Crippen molar-refractivity contribution in [2.45, 2.75) is 26.3 Å². The molecule has 21 heavy (non-hydrogen) atoms. The molecule has 0 radical (unpaired) electrons. The highest BCUT2D eigenvalue weighted by atomic mass is 15.1. The molecule has 1 N–H and O–H groups in total. The lowest BCUT2D eigenvalue weighted by molar-refractivity contribution is 0.585. The third-order valence-electron chi connectivity index (χ3n) is 3.53. The van der Waals surface area contributed by atoms with Gasteiger partial charge in [0.2, 0.25) is 0 Å². The van der Waals surface area contributed by atoms with Crippen LogP contribution in [-0.4, -0.2) is 21.1 Å². The van der Waals surface area contributed by atoms with E-state index in [0.717, 1.165) is 35.5 Å². The van der Waals surface area contributed by atoms with Gasteiger partial charge in [-0.1, -0.05) is 18.2 Å². The van der Waals surface area contributed by atoms with Gasteiger partial charge < -0.3 is 9.88 Å². The fourth-order valence-corrected chi connectivity index (χ4v) is 2.63. The molecule has 3 aromatic rings. The monoisotopic (exact) mass is 280 g/mol. The number of pyridine rings is 1. The number of nitrogens with zero attached hydrogens (tertiary/aromatic N) is 3. The Balaban J connectivity index is 1.79. The van der Waals surface area contributed by atoms with Gasteiger partial charge in [0.25, 0.3) is 0 Å². The van der Waals surface area contributed by atoms with Gasteiger partial charge in [0, 0.05) is 30.9 Å². The lowest BCUT2D eigenvalue weighted by Crippen LogP contribution is -2.12. The van der Waals surface area contributed by atoms with Gasteiger partial charge in [-0.3, -0.25) is 4.98 Å². The summed E-state index contributed by atoms with van der Waals surface area (Å²) in [5, 5.41) is 3.43. The van der Waals surface area contributed by atoms with E-state index in [1.165, 1.54) is 0 Å². The highest BCUT2D eigenvalue weighted by molar-refractivity contribution is 5.74. The molecule has 0 aliphatic rings. The Morgan fingerprint density at radius 2 is 1.95 bits per heavy atom. The molecule has 0 spiro atoms. The zero-order valence-corrected chi connectivity index (χ0v) is 12.5. The summed E-state index contributed by atoms with van der Waals surface area (Å²) >= 11 is 0. The number of anilines is 1. The molecule has 0 fully saturated rings. The van der Waals surface area contributed by atoms with Crippen LogP contribution in [0.5, 0.6) is 0 Å². The molecule has 2 heterocycles. The van der Waals surface area contributed by atoms with E-state index >= 15 is 0 Å². The van der Waals surface area contributed by atoms with Crippen molar-refractivity contribution >= 4 is 16.7 Å². The predicted octanol–water partition coefficient (Wildman–Crippen LogP) is 3.67. The first-order chi connectivity index (χ1) is 10.3. The Hall–Kier alpha value is -2.36. The average Bonchev–Trinajstić information content (AvgIpc) is 2.86. The Bertz CT molecular complexity index is 716. The minimum absolute atomic E-state index is 0.393. The quantitative estimate of drug-likeness (QED) is 0.775. The summed E-state index contributed by atoms with van der Waals surface area (Å²) in [5.74, 6) is 1.11. The standard InChI is InChI=1S/C17H20N4/c1-13(2)21-16-8-10-18-12-15(16)20-17(21)9-11-19-14-6-4-3-5-7-14/h3-8,10,12-13,19H,9,11H2,1-2H3. The molecule has 2 aromatic heterocycles. The van der Waals surface area contributed by atoms with Crippen molar-refractivity contribution in [1.29, 1.82) is 0 Å². The first-order valence-corrected chi connectivity index (χ1v) is 7.35. The van der Waals surface area contributed by atoms with Crippen molar-refractivity contribution in [1.82, 2.24) is 14.5 Å². The number of nitrogens with one attached hydrogen (secondary N) is 1. The van der Waals surface area contributed by atoms with Gasteiger partial charge in [-0.2, -0.15) is 0 Å². The Labute approximate surface area is 124 Å². The normalized spacial score (nSPS) is 11.2. The van der Waals surface area contributed by atoms with Gasteiger partial charge >= 0.3 is 0 Å². The van der Waals surface area contributed by atoms with Crippen LogP contribution in [0.4, 0.5) is 5.69 Å². The molecular formula is C17H20N4. The second-order valence-corrected chi connectivity index (χ2v) is 5.40. The van der Waals surface area contributed by atoms with Crippen molar-refractivity contribution in [2.75, 3.05) is 11.9 Å². The summed E-state index contributed by atoms with van der Waals surface area (Å²) in [4.78, 5) is 8.89. The van der Waals surface area contributed by atoms with E-state index in [9.17, 15) is 0 Å². The number of fused-ring (bicyclic) bond motifs is 1. The molecule has 0 saturated carbocycles. The third-order valence-corrected chi connectivity index (χ3v) is 3.53. The minimum Gasteiger partial charge on any atom is -0.385 e. The molecular weight excluding hydrogens is 260 g/mol. The topological polar surface area (TPSA) is 42.7 Å². The van der Waals surface area contributed by atoms with Crippen molar-refractivity contribution < 1.29 is 0 Å². The van der Waals surface area contributed by atoms with Crippen LogP contribution in [0, 0.1) is 0 Å². The summed E-state index contributed by atoms with van der Waals surface area (Å²) in [6.45, 7) is 5.25. The van der Waals surface area contributed by atoms with Crippen LogP contribution >= 0.6 is 0 Å². The fraction of sp³-hybridized carbons (Fsp3) is 0.294. The largest absolute Gasteiger partial charge is 0.385 e. The van der Waals surface area contributed by atoms with Gasteiger partial charge in [0.05, 0.1) is 11.7 Å². The second kappa shape index (κ2) is 5.95. The smallest absolute Gasteiger partial charge is 0.111 e. The van der Waals surface area contributed by atoms with Crippen molar-refractivity contribution in [2.24, 2.45) is 0 Å². The zero-order valence-electron chi connectivity index (χ0n) is 12.5. The zero-order chi connectivity index (χ0) is 14.7. The molecule has 108 valence electrons. The summed E-state index contributed by atoms with van der Waals surface area (Å²) < 4.78 is 2.30. The number of imidazole rings is 1. The first kappa shape index (κ1) is 13.6. The third kappa shape index (κ3) is 2.89. The molecule has 4 heteroatoms. The Morgan fingerprint density at radius 3 is 2.71 bits per heavy atom. The summed E-state index contributed by atoms with van der Waals surface area (Å²) in [7, 11) is 0. The van der Waals surface area contributed by atoms with Crippen LogP contribution in [0.2, 0.25) is 0 Å². The molecule has 4 nitrogen and oxygen atoms in total. The summed E-state index contributed by atoms with van der Waals surface area (Å²) in [5.41, 5.74) is 3.28. The molecule has 3 rings (SSSR count). The Morgan fingerprint density at radius 1 is 1.14 bits per heavy atom. The number of benzene rings is 1. The van der Waals surface area contributed by atoms with Gasteiger partial charge in [-0.05, 0) is 32.0 Å². The predicted molar refractivity (Wildman–Crippen MR) is 86.5 cm³/mol. The van der Waals surface area contributed by atoms with E-state index in [0.29, 0.717) is 6.04 Å². The summed E-state index contributed by atoms with van der Waals surface area (Å²) in [6.07, 6.45) is 4.55. The van der Waals surface area contributed by atoms with Gasteiger partial charge in [0.15, 0.2) is 0 Å². The van der Waals surface area contributed by atoms with Gasteiger partial charge in [0.1, 0.15) is 11.3 Å². The fourth-order valence-electron chi connectivity index (χ4n) is 2.63. The number of rotatable bonds is 5. The molecule has 0 aliphatic carbocycles. The van der Waals surface area contributed by atoms with Crippen LogP contribution < -0.4 is 5.32 Å². The molecule has 0 aliphatic heterocycles. The van der Waals surface area contributed by atoms with Crippen LogP contribution in [0.3, 0.4) is 0 Å². The number of hydrogen-bond donors (Lipinski definition) is 1. The van der Waals surface area contributed by atoms with E-state index in [1.807, 2.05) is 36.7 Å². The van der Waals surface area contributed by atoms with Gasteiger partial charge in [-0.15, -0.1) is 0 Å². The van der Waals surface area contributed by atoms with E-state index in [-0.39, 0.29) is 0 Å². The number of hydrogen-bond acceptors (Lipinski definition) is 3. The van der Waals surface area contributed by atoms with Crippen LogP contribution in [0.15, 0.2) is 48.8 Å². The average molecular weight is 280 g/mol.